The van der Waals surface area contributed by atoms with Crippen molar-refractivity contribution in [3.8, 4) is 5.75 Å². The maximum atomic E-state index is 11.8. The van der Waals surface area contributed by atoms with E-state index in [0.29, 0.717) is 5.16 Å². The topological polar surface area (TPSA) is 87.5 Å². The Morgan fingerprint density at radius 2 is 2.04 bits per heavy atom. The van der Waals surface area contributed by atoms with Crippen molar-refractivity contribution in [1.82, 2.24) is 15.4 Å². The van der Waals surface area contributed by atoms with E-state index in [4.69, 9.17) is 0 Å². The van der Waals surface area contributed by atoms with Crippen molar-refractivity contribution in [2.45, 2.75) is 19.0 Å². The molecular formula is C15H15IN4O2S. The maximum absolute atomic E-state index is 11.8. The minimum atomic E-state index is -0.234. The molecule has 0 saturated carbocycles. The number of nitrogens with zero attached hydrogens (tertiary/aromatic N) is 3. The Morgan fingerprint density at radius 1 is 1.35 bits per heavy atom. The second kappa shape index (κ2) is 8.25. The predicted octanol–water partition coefficient (Wildman–Crippen LogP) is 2.65. The molecule has 0 saturated heterocycles. The van der Waals surface area contributed by atoms with E-state index in [0.717, 1.165) is 20.5 Å². The van der Waals surface area contributed by atoms with Crippen LogP contribution in [0.25, 0.3) is 0 Å². The third-order valence-electron chi connectivity index (χ3n) is 2.67. The normalized spacial score (nSPS) is 10.9. The summed E-state index contributed by atoms with van der Waals surface area (Å²) in [5, 5.41) is 13.9. The van der Waals surface area contributed by atoms with Crippen molar-refractivity contribution in [1.29, 1.82) is 0 Å². The van der Waals surface area contributed by atoms with Crippen molar-refractivity contribution < 1.29 is 9.90 Å². The number of benzene rings is 1. The highest BCUT2D eigenvalue weighted by Gasteiger charge is 2.05. The fraction of sp³-hybridized carbons (Fsp3) is 0.200. The number of hydrazone groups is 1. The van der Waals surface area contributed by atoms with Crippen molar-refractivity contribution in [3.63, 3.8) is 0 Å². The van der Waals surface area contributed by atoms with Gasteiger partial charge in [0.2, 0.25) is 0 Å². The van der Waals surface area contributed by atoms with Crippen LogP contribution in [0.3, 0.4) is 0 Å². The number of thioether (sulfide) groups is 1. The fourth-order valence-electron chi connectivity index (χ4n) is 1.70. The monoisotopic (exact) mass is 442 g/mol. The van der Waals surface area contributed by atoms with Crippen LogP contribution in [0.2, 0.25) is 0 Å². The molecule has 0 spiro atoms. The summed E-state index contributed by atoms with van der Waals surface area (Å²) >= 11 is 3.29. The molecule has 120 valence electrons. The van der Waals surface area contributed by atoms with Crippen molar-refractivity contribution in [3.05, 3.63) is 44.8 Å². The summed E-state index contributed by atoms with van der Waals surface area (Å²) in [5.41, 5.74) is 4.99. The number of hydrogen-bond acceptors (Lipinski definition) is 6. The SMILES string of the molecule is Cc1cc(C)nc(SCC(=O)N/N=C/c2ccc(O)c(I)c2)n1. The molecule has 23 heavy (non-hydrogen) atoms. The molecule has 2 rings (SSSR count). The van der Waals surface area contributed by atoms with Gasteiger partial charge in [0.25, 0.3) is 5.91 Å². The molecule has 2 aromatic rings. The molecule has 2 N–H and O–H groups in total. The maximum Gasteiger partial charge on any atom is 0.250 e. The molecule has 1 aromatic carbocycles. The quantitative estimate of drug-likeness (QED) is 0.245. The smallest absolute Gasteiger partial charge is 0.250 e. The number of aromatic nitrogens is 2. The van der Waals surface area contributed by atoms with Gasteiger partial charge in [-0.05, 0) is 66.3 Å². The van der Waals surface area contributed by atoms with E-state index in [1.54, 1.807) is 18.2 Å². The highest BCUT2D eigenvalue weighted by molar-refractivity contribution is 14.1. The molecule has 0 fully saturated rings. The zero-order valence-corrected chi connectivity index (χ0v) is 15.6. The van der Waals surface area contributed by atoms with Crippen molar-refractivity contribution >= 4 is 46.5 Å². The molecule has 6 nitrogen and oxygen atoms in total. The fourth-order valence-corrected chi connectivity index (χ4v) is 2.98. The van der Waals surface area contributed by atoms with Crippen LogP contribution in [0.5, 0.6) is 5.75 Å². The summed E-state index contributed by atoms with van der Waals surface area (Å²) in [5.74, 6) is 0.173. The summed E-state index contributed by atoms with van der Waals surface area (Å²) in [4.78, 5) is 20.3. The number of rotatable bonds is 5. The Labute approximate surface area is 152 Å². The number of aromatic hydroxyl groups is 1. The molecule has 0 aliphatic carbocycles. The third kappa shape index (κ3) is 5.79. The van der Waals surface area contributed by atoms with Crippen LogP contribution in [-0.4, -0.2) is 32.9 Å². The first-order valence-electron chi connectivity index (χ1n) is 6.69. The molecule has 1 aromatic heterocycles. The first-order valence-corrected chi connectivity index (χ1v) is 8.76. The molecule has 1 amide bonds. The zero-order chi connectivity index (χ0) is 16.8. The van der Waals surface area contributed by atoms with Crippen molar-refractivity contribution in [2.75, 3.05) is 5.75 Å². The number of aryl methyl sites for hydroxylation is 2. The lowest BCUT2D eigenvalue weighted by Gasteiger charge is -2.02. The zero-order valence-electron chi connectivity index (χ0n) is 12.6. The minimum Gasteiger partial charge on any atom is -0.507 e. The summed E-state index contributed by atoms with van der Waals surface area (Å²) in [6.07, 6.45) is 1.53. The van der Waals surface area contributed by atoms with Crippen LogP contribution in [0.15, 0.2) is 34.5 Å². The second-order valence-corrected chi connectivity index (χ2v) is 6.83. The highest BCUT2D eigenvalue weighted by atomic mass is 127. The van der Waals surface area contributed by atoms with Crippen LogP contribution in [0.1, 0.15) is 17.0 Å². The van der Waals surface area contributed by atoms with Gasteiger partial charge in [-0.1, -0.05) is 11.8 Å². The van der Waals surface area contributed by atoms with Gasteiger partial charge in [-0.25, -0.2) is 15.4 Å². The van der Waals surface area contributed by atoms with Gasteiger partial charge < -0.3 is 5.11 Å². The molecule has 8 heteroatoms. The predicted molar refractivity (Wildman–Crippen MR) is 98.8 cm³/mol. The number of amides is 1. The van der Waals surface area contributed by atoms with E-state index in [9.17, 15) is 9.90 Å². The van der Waals surface area contributed by atoms with Crippen LogP contribution < -0.4 is 5.43 Å². The Bertz CT molecular complexity index is 732. The Hall–Kier alpha value is -1.68. The lowest BCUT2D eigenvalue weighted by atomic mass is 10.2. The largest absolute Gasteiger partial charge is 0.507 e. The van der Waals surface area contributed by atoms with Gasteiger partial charge in [0.05, 0.1) is 15.5 Å². The summed E-state index contributed by atoms with van der Waals surface area (Å²) in [6, 6.07) is 6.95. The van der Waals surface area contributed by atoms with E-state index >= 15 is 0 Å². The van der Waals surface area contributed by atoms with E-state index in [-0.39, 0.29) is 17.4 Å². The summed E-state index contributed by atoms with van der Waals surface area (Å²) in [6.45, 7) is 3.78. The first kappa shape index (κ1) is 17.7. The van der Waals surface area contributed by atoms with Gasteiger partial charge in [0.15, 0.2) is 5.16 Å². The Morgan fingerprint density at radius 3 is 2.70 bits per heavy atom. The number of phenols is 1. The third-order valence-corrected chi connectivity index (χ3v) is 4.38. The van der Waals surface area contributed by atoms with Gasteiger partial charge >= 0.3 is 0 Å². The average molecular weight is 442 g/mol. The number of hydrogen-bond donors (Lipinski definition) is 2. The van der Waals surface area contributed by atoms with Crippen LogP contribution >= 0.6 is 34.4 Å². The van der Waals surface area contributed by atoms with Gasteiger partial charge in [-0.2, -0.15) is 5.10 Å². The summed E-state index contributed by atoms with van der Waals surface area (Å²) in [7, 11) is 0. The number of phenolic OH excluding ortho intramolecular Hbond substituents is 1. The first-order chi connectivity index (χ1) is 10.9. The van der Waals surface area contributed by atoms with E-state index < -0.39 is 0 Å². The number of halogens is 1. The molecule has 0 unspecified atom stereocenters. The molecule has 0 aliphatic heterocycles. The number of nitrogens with one attached hydrogen (secondary N) is 1. The Kier molecular flexibility index (Phi) is 6.34. The van der Waals surface area contributed by atoms with Crippen molar-refractivity contribution in [2.24, 2.45) is 5.10 Å². The summed E-state index contributed by atoms with van der Waals surface area (Å²) < 4.78 is 0.723. The molecule has 0 atom stereocenters. The van der Waals surface area contributed by atoms with Gasteiger partial charge in [0.1, 0.15) is 5.75 Å². The van der Waals surface area contributed by atoms with Crippen LogP contribution in [-0.2, 0) is 4.79 Å². The molecular weight excluding hydrogens is 427 g/mol. The lowest BCUT2D eigenvalue weighted by Crippen LogP contribution is -2.19. The van der Waals surface area contributed by atoms with Gasteiger partial charge in [-0.15, -0.1) is 0 Å². The van der Waals surface area contributed by atoms with E-state index in [2.05, 4.69) is 20.5 Å². The lowest BCUT2D eigenvalue weighted by molar-refractivity contribution is -0.118. The highest BCUT2D eigenvalue weighted by Crippen LogP contribution is 2.19. The molecule has 0 aliphatic rings. The Balaban J connectivity index is 1.85. The van der Waals surface area contributed by atoms with Crippen LogP contribution in [0, 0.1) is 17.4 Å². The minimum absolute atomic E-state index is 0.188. The standard InChI is InChI=1S/C15H15IN4O2S/c1-9-5-10(2)19-15(18-9)23-8-14(22)20-17-7-11-3-4-13(21)12(16)6-11/h3-7,21H,8H2,1-2H3,(H,20,22)/b17-7+. The number of carbonyl (C=O) groups is 1. The molecule has 0 bridgehead atoms. The van der Waals surface area contributed by atoms with E-state index in [1.165, 1.54) is 18.0 Å². The van der Waals surface area contributed by atoms with E-state index in [1.807, 2.05) is 42.5 Å². The van der Waals surface area contributed by atoms with Crippen LogP contribution in [0.4, 0.5) is 0 Å². The molecule has 0 radical (unpaired) electrons. The average Bonchev–Trinajstić information content (AvgIpc) is 2.48. The number of carbonyl (C=O) groups excluding carboxylic acids is 1. The van der Waals surface area contributed by atoms with Gasteiger partial charge in [0, 0.05) is 11.4 Å². The van der Waals surface area contributed by atoms with Gasteiger partial charge in [-0.3, -0.25) is 4.79 Å². The molecule has 1 heterocycles. The second-order valence-electron chi connectivity index (χ2n) is 4.73.